The van der Waals surface area contributed by atoms with E-state index in [4.69, 9.17) is 9.47 Å². The van der Waals surface area contributed by atoms with Gasteiger partial charge >= 0.3 is 0 Å². The average Bonchev–Trinajstić information content (AvgIpc) is 2.36. The Kier molecular flexibility index (Phi) is 7.77. The molecule has 0 spiro atoms. The lowest BCUT2D eigenvalue weighted by Gasteiger charge is -2.32. The number of nitrogens with zero attached hydrogens (tertiary/aromatic N) is 1. The lowest BCUT2D eigenvalue weighted by Crippen LogP contribution is -2.40. The van der Waals surface area contributed by atoms with Crippen LogP contribution in [0.4, 0.5) is 0 Å². The van der Waals surface area contributed by atoms with E-state index in [1.165, 1.54) is 32.1 Å². The summed E-state index contributed by atoms with van der Waals surface area (Å²) in [6.45, 7) is 2.25. The zero-order valence-electron chi connectivity index (χ0n) is 11.2. The third-order valence-electron chi connectivity index (χ3n) is 3.44. The van der Waals surface area contributed by atoms with Crippen molar-refractivity contribution in [2.24, 2.45) is 0 Å². The predicted octanol–water partition coefficient (Wildman–Crippen LogP) is 1.27. The minimum atomic E-state index is -0.390. The monoisotopic (exact) mass is 245 g/mol. The van der Waals surface area contributed by atoms with Gasteiger partial charge in [0, 0.05) is 19.7 Å². The van der Waals surface area contributed by atoms with Gasteiger partial charge in [-0.2, -0.15) is 0 Å². The maximum absolute atomic E-state index is 9.84. The molecule has 1 aliphatic rings. The number of likely N-dealkylation sites (N-methyl/N-ethyl adjacent to an activating group) is 1. The maximum atomic E-state index is 9.84. The molecule has 1 aliphatic carbocycles. The summed E-state index contributed by atoms with van der Waals surface area (Å²) >= 11 is 0. The zero-order valence-corrected chi connectivity index (χ0v) is 11.2. The molecule has 0 aromatic rings. The van der Waals surface area contributed by atoms with E-state index in [1.54, 1.807) is 7.11 Å². The summed E-state index contributed by atoms with van der Waals surface area (Å²) in [5, 5.41) is 9.84. The van der Waals surface area contributed by atoms with Gasteiger partial charge in [0.1, 0.15) is 0 Å². The van der Waals surface area contributed by atoms with Crippen molar-refractivity contribution < 1.29 is 14.6 Å². The molecule has 0 amide bonds. The fraction of sp³-hybridized carbons (Fsp3) is 1.00. The van der Waals surface area contributed by atoms with Gasteiger partial charge in [0.25, 0.3) is 0 Å². The fourth-order valence-corrected chi connectivity index (χ4v) is 2.42. The molecule has 0 bridgehead atoms. The third kappa shape index (κ3) is 6.36. The third-order valence-corrected chi connectivity index (χ3v) is 3.44. The summed E-state index contributed by atoms with van der Waals surface area (Å²) < 4.78 is 10.2. The highest BCUT2D eigenvalue weighted by Gasteiger charge is 2.19. The molecule has 0 radical (unpaired) electrons. The summed E-state index contributed by atoms with van der Waals surface area (Å²) in [4.78, 5) is 2.28. The van der Waals surface area contributed by atoms with Crippen LogP contribution in [0.25, 0.3) is 0 Å². The Morgan fingerprint density at radius 2 is 1.94 bits per heavy atom. The van der Waals surface area contributed by atoms with Gasteiger partial charge in [-0.15, -0.1) is 0 Å². The van der Waals surface area contributed by atoms with Crippen LogP contribution in [0.2, 0.25) is 0 Å². The normalized spacial score (nSPS) is 19.8. The summed E-state index contributed by atoms with van der Waals surface area (Å²) in [6, 6.07) is 0.650. The first-order valence-electron chi connectivity index (χ1n) is 6.69. The van der Waals surface area contributed by atoms with Crippen LogP contribution >= 0.6 is 0 Å². The summed E-state index contributed by atoms with van der Waals surface area (Å²) in [6.07, 6.45) is 6.18. The highest BCUT2D eigenvalue weighted by atomic mass is 16.5. The van der Waals surface area contributed by atoms with E-state index >= 15 is 0 Å². The SMILES string of the molecule is COCCOCC(O)CN(C)C1CCCCC1. The van der Waals surface area contributed by atoms with Crippen molar-refractivity contribution in [3.05, 3.63) is 0 Å². The number of hydrogen-bond acceptors (Lipinski definition) is 4. The fourth-order valence-electron chi connectivity index (χ4n) is 2.42. The van der Waals surface area contributed by atoms with Crippen molar-refractivity contribution in [2.75, 3.05) is 40.5 Å². The predicted molar refractivity (Wildman–Crippen MR) is 68.2 cm³/mol. The summed E-state index contributed by atoms with van der Waals surface area (Å²) in [7, 11) is 3.75. The highest BCUT2D eigenvalue weighted by molar-refractivity contribution is 4.75. The number of aliphatic hydroxyl groups is 1. The minimum Gasteiger partial charge on any atom is -0.389 e. The molecule has 0 aliphatic heterocycles. The van der Waals surface area contributed by atoms with Crippen molar-refractivity contribution in [1.29, 1.82) is 0 Å². The smallest absolute Gasteiger partial charge is 0.0900 e. The van der Waals surface area contributed by atoms with Gasteiger partial charge in [-0.25, -0.2) is 0 Å². The van der Waals surface area contributed by atoms with Gasteiger partial charge in [-0.1, -0.05) is 19.3 Å². The molecule has 1 atom stereocenters. The van der Waals surface area contributed by atoms with Crippen LogP contribution in [0.3, 0.4) is 0 Å². The molecule has 1 N–H and O–H groups in total. The molecule has 1 unspecified atom stereocenters. The first kappa shape index (κ1) is 14.9. The Hall–Kier alpha value is -0.160. The molecule has 102 valence electrons. The molecule has 1 rings (SSSR count). The molecule has 4 nitrogen and oxygen atoms in total. The Morgan fingerprint density at radius 1 is 1.24 bits per heavy atom. The largest absolute Gasteiger partial charge is 0.389 e. The van der Waals surface area contributed by atoms with Gasteiger partial charge in [0.2, 0.25) is 0 Å². The second-order valence-electron chi connectivity index (χ2n) is 4.95. The number of rotatable bonds is 8. The zero-order chi connectivity index (χ0) is 12.5. The Bertz CT molecular complexity index is 184. The Morgan fingerprint density at radius 3 is 2.59 bits per heavy atom. The molecule has 1 fully saturated rings. The second kappa shape index (κ2) is 8.86. The molecular weight excluding hydrogens is 218 g/mol. The molecule has 0 saturated heterocycles. The van der Waals surface area contributed by atoms with Crippen molar-refractivity contribution in [1.82, 2.24) is 4.90 Å². The number of methoxy groups -OCH3 is 1. The molecule has 0 aromatic carbocycles. The standard InChI is InChI=1S/C13H27NO3/c1-14(12-6-4-3-5-7-12)10-13(15)11-17-9-8-16-2/h12-13,15H,3-11H2,1-2H3. The lowest BCUT2D eigenvalue weighted by atomic mass is 9.94. The van der Waals surface area contributed by atoms with Crippen LogP contribution in [0.1, 0.15) is 32.1 Å². The molecular formula is C13H27NO3. The number of hydrogen-bond donors (Lipinski definition) is 1. The molecule has 17 heavy (non-hydrogen) atoms. The van der Waals surface area contributed by atoms with Crippen LogP contribution in [-0.4, -0.2) is 62.7 Å². The second-order valence-corrected chi connectivity index (χ2v) is 4.95. The topological polar surface area (TPSA) is 41.9 Å². The maximum Gasteiger partial charge on any atom is 0.0900 e. The number of aliphatic hydroxyl groups excluding tert-OH is 1. The highest BCUT2D eigenvalue weighted by Crippen LogP contribution is 2.21. The van der Waals surface area contributed by atoms with Gasteiger partial charge in [-0.05, 0) is 19.9 Å². The van der Waals surface area contributed by atoms with Crippen molar-refractivity contribution in [3.8, 4) is 0 Å². The van der Waals surface area contributed by atoms with E-state index in [9.17, 15) is 5.11 Å². The lowest BCUT2D eigenvalue weighted by molar-refractivity contribution is -0.00431. The van der Waals surface area contributed by atoms with Gasteiger partial charge in [0.15, 0.2) is 0 Å². The van der Waals surface area contributed by atoms with E-state index < -0.39 is 6.10 Å². The molecule has 0 aromatic heterocycles. The van der Waals surface area contributed by atoms with E-state index in [-0.39, 0.29) is 0 Å². The van der Waals surface area contributed by atoms with Crippen LogP contribution in [0.5, 0.6) is 0 Å². The van der Waals surface area contributed by atoms with Crippen molar-refractivity contribution >= 4 is 0 Å². The van der Waals surface area contributed by atoms with E-state index in [0.717, 1.165) is 0 Å². The van der Waals surface area contributed by atoms with Crippen molar-refractivity contribution in [3.63, 3.8) is 0 Å². The Labute approximate surface area is 105 Å². The summed E-state index contributed by atoms with van der Waals surface area (Å²) in [5.74, 6) is 0. The van der Waals surface area contributed by atoms with Gasteiger partial charge in [0.05, 0.1) is 25.9 Å². The van der Waals surface area contributed by atoms with E-state index in [0.29, 0.717) is 32.4 Å². The Balaban J connectivity index is 2.09. The average molecular weight is 245 g/mol. The van der Waals surface area contributed by atoms with Crippen LogP contribution in [0.15, 0.2) is 0 Å². The first-order chi connectivity index (χ1) is 8.24. The first-order valence-corrected chi connectivity index (χ1v) is 6.69. The minimum absolute atomic E-state index is 0.390. The number of ether oxygens (including phenoxy) is 2. The quantitative estimate of drug-likeness (QED) is 0.654. The van der Waals surface area contributed by atoms with E-state index in [1.807, 2.05) is 0 Å². The van der Waals surface area contributed by atoms with Crippen LogP contribution in [0, 0.1) is 0 Å². The van der Waals surface area contributed by atoms with Crippen molar-refractivity contribution in [2.45, 2.75) is 44.2 Å². The van der Waals surface area contributed by atoms with E-state index in [2.05, 4.69) is 11.9 Å². The molecule has 0 heterocycles. The molecule has 1 saturated carbocycles. The van der Waals surface area contributed by atoms with Crippen LogP contribution < -0.4 is 0 Å². The van der Waals surface area contributed by atoms with Crippen LogP contribution in [-0.2, 0) is 9.47 Å². The van der Waals surface area contributed by atoms with Gasteiger partial charge in [-0.3, -0.25) is 0 Å². The molecule has 4 heteroatoms. The van der Waals surface area contributed by atoms with Gasteiger partial charge < -0.3 is 19.5 Å². The summed E-state index contributed by atoms with van der Waals surface area (Å²) in [5.41, 5.74) is 0.